The Morgan fingerprint density at radius 2 is 2.13 bits per heavy atom. The van der Waals surface area contributed by atoms with Crippen molar-refractivity contribution in [1.82, 2.24) is 26.8 Å². The Morgan fingerprint density at radius 3 is 2.87 bits per heavy atom. The predicted molar refractivity (Wildman–Crippen MR) is 55.6 cm³/mol. The predicted octanol–water partition coefficient (Wildman–Crippen LogP) is -1.75. The molecule has 3 unspecified atom stereocenters. The van der Waals surface area contributed by atoms with Crippen molar-refractivity contribution in [3.63, 3.8) is 0 Å². The molecular formula is C7H13N5O2S. The van der Waals surface area contributed by atoms with E-state index in [2.05, 4.69) is 26.8 Å². The SMILES string of the molecule is CCSC1NNC2C(=O)NC(=O)NC2N1. The zero-order valence-electron chi connectivity index (χ0n) is 8.16. The van der Waals surface area contributed by atoms with Gasteiger partial charge in [-0.15, -0.1) is 11.8 Å². The molecule has 7 nitrogen and oxygen atoms in total. The molecule has 2 aliphatic rings. The van der Waals surface area contributed by atoms with Gasteiger partial charge in [0.2, 0.25) is 5.91 Å². The molecule has 0 bridgehead atoms. The van der Waals surface area contributed by atoms with Gasteiger partial charge in [-0.25, -0.2) is 15.6 Å². The van der Waals surface area contributed by atoms with Crippen molar-refractivity contribution in [1.29, 1.82) is 0 Å². The Hall–Kier alpha value is -0.830. The van der Waals surface area contributed by atoms with Gasteiger partial charge in [0, 0.05) is 0 Å². The number of urea groups is 1. The molecule has 0 aliphatic carbocycles. The largest absolute Gasteiger partial charge is 0.322 e. The second kappa shape index (κ2) is 4.35. The maximum atomic E-state index is 11.4. The van der Waals surface area contributed by atoms with Crippen LogP contribution < -0.4 is 26.8 Å². The van der Waals surface area contributed by atoms with Crippen LogP contribution in [0.5, 0.6) is 0 Å². The monoisotopic (exact) mass is 231 g/mol. The van der Waals surface area contributed by atoms with E-state index < -0.39 is 12.1 Å². The Morgan fingerprint density at radius 1 is 1.33 bits per heavy atom. The fraction of sp³-hybridized carbons (Fsp3) is 0.714. The van der Waals surface area contributed by atoms with Gasteiger partial charge < -0.3 is 5.32 Å². The number of hydrazine groups is 1. The van der Waals surface area contributed by atoms with E-state index in [9.17, 15) is 9.59 Å². The first-order chi connectivity index (χ1) is 7.20. The van der Waals surface area contributed by atoms with Gasteiger partial charge in [0.15, 0.2) is 0 Å². The number of hydrogen-bond donors (Lipinski definition) is 5. The van der Waals surface area contributed by atoms with Crippen LogP contribution in [0.1, 0.15) is 6.92 Å². The summed E-state index contributed by atoms with van der Waals surface area (Å²) in [5.41, 5.74) is 5.81. The third-order valence-corrected chi connectivity index (χ3v) is 3.09. The minimum absolute atomic E-state index is 0.0116. The van der Waals surface area contributed by atoms with Gasteiger partial charge in [0.05, 0.1) is 0 Å². The van der Waals surface area contributed by atoms with Gasteiger partial charge in [-0.05, 0) is 5.75 Å². The van der Waals surface area contributed by atoms with Crippen LogP contribution in [-0.2, 0) is 4.79 Å². The molecule has 2 saturated heterocycles. The van der Waals surface area contributed by atoms with Crippen LogP contribution in [0.3, 0.4) is 0 Å². The Labute approximate surface area is 91.1 Å². The Kier molecular flexibility index (Phi) is 3.10. The molecule has 0 aromatic heterocycles. The van der Waals surface area contributed by atoms with Crippen molar-refractivity contribution < 1.29 is 9.59 Å². The van der Waals surface area contributed by atoms with Gasteiger partial charge >= 0.3 is 6.03 Å². The molecular weight excluding hydrogens is 218 g/mol. The highest BCUT2D eigenvalue weighted by Gasteiger charge is 2.39. The zero-order valence-corrected chi connectivity index (χ0v) is 8.98. The highest BCUT2D eigenvalue weighted by Crippen LogP contribution is 2.10. The molecule has 0 aromatic rings. The van der Waals surface area contributed by atoms with E-state index in [0.29, 0.717) is 0 Å². The van der Waals surface area contributed by atoms with Crippen molar-refractivity contribution in [2.24, 2.45) is 0 Å². The average molecular weight is 231 g/mol. The first-order valence-electron chi connectivity index (χ1n) is 4.71. The molecule has 0 aromatic carbocycles. The number of hydrogen-bond acceptors (Lipinski definition) is 6. The third-order valence-electron chi connectivity index (χ3n) is 2.17. The number of carbonyl (C=O) groups is 2. The molecule has 5 N–H and O–H groups in total. The first kappa shape index (κ1) is 10.7. The van der Waals surface area contributed by atoms with E-state index in [1.807, 2.05) is 6.92 Å². The number of fused-ring (bicyclic) bond motifs is 1. The molecule has 84 valence electrons. The molecule has 2 aliphatic heterocycles. The number of amides is 3. The molecule has 0 radical (unpaired) electrons. The van der Waals surface area contributed by atoms with Crippen LogP contribution in [-0.4, -0.2) is 35.4 Å². The maximum Gasteiger partial charge on any atom is 0.322 e. The Bertz CT molecular complexity index is 287. The van der Waals surface area contributed by atoms with Crippen LogP contribution in [0.25, 0.3) is 0 Å². The fourth-order valence-corrected chi connectivity index (χ4v) is 2.24. The molecule has 0 spiro atoms. The van der Waals surface area contributed by atoms with E-state index in [1.54, 1.807) is 11.8 Å². The van der Waals surface area contributed by atoms with E-state index in [4.69, 9.17) is 0 Å². The van der Waals surface area contributed by atoms with E-state index in [1.165, 1.54) is 0 Å². The zero-order chi connectivity index (χ0) is 10.8. The molecule has 2 rings (SSSR count). The minimum Gasteiger partial charge on any atom is -0.320 e. The van der Waals surface area contributed by atoms with Crippen molar-refractivity contribution >= 4 is 23.7 Å². The molecule has 0 saturated carbocycles. The van der Waals surface area contributed by atoms with Gasteiger partial charge in [-0.2, -0.15) is 0 Å². The highest BCUT2D eigenvalue weighted by atomic mass is 32.2. The number of nitrogens with one attached hydrogen (secondary N) is 5. The summed E-state index contributed by atoms with van der Waals surface area (Å²) in [6.07, 6.45) is -0.364. The number of rotatable bonds is 2. The highest BCUT2D eigenvalue weighted by molar-refractivity contribution is 7.99. The second-order valence-corrected chi connectivity index (χ2v) is 4.59. The molecule has 2 heterocycles. The van der Waals surface area contributed by atoms with Crippen LogP contribution in [0.15, 0.2) is 0 Å². The summed E-state index contributed by atoms with van der Waals surface area (Å²) in [4.78, 5) is 22.4. The summed E-state index contributed by atoms with van der Waals surface area (Å²) >= 11 is 1.64. The summed E-state index contributed by atoms with van der Waals surface area (Å²) in [6.45, 7) is 2.03. The Balaban J connectivity index is 1.99. The van der Waals surface area contributed by atoms with Gasteiger partial charge in [-0.1, -0.05) is 6.92 Å². The van der Waals surface area contributed by atoms with Crippen LogP contribution in [0, 0.1) is 0 Å². The fourth-order valence-electron chi connectivity index (χ4n) is 1.52. The minimum atomic E-state index is -0.476. The van der Waals surface area contributed by atoms with Crippen molar-refractivity contribution in [3.8, 4) is 0 Å². The number of thioether (sulfide) groups is 1. The topological polar surface area (TPSA) is 94.3 Å². The van der Waals surface area contributed by atoms with Gasteiger partial charge in [-0.3, -0.25) is 15.4 Å². The second-order valence-electron chi connectivity index (χ2n) is 3.21. The lowest BCUT2D eigenvalue weighted by molar-refractivity contribution is -0.125. The van der Waals surface area contributed by atoms with E-state index >= 15 is 0 Å². The summed E-state index contributed by atoms with van der Waals surface area (Å²) < 4.78 is 0. The lowest BCUT2D eigenvalue weighted by Crippen LogP contribution is -2.78. The van der Waals surface area contributed by atoms with Crippen molar-refractivity contribution in [2.75, 3.05) is 5.75 Å². The summed E-state index contributed by atoms with van der Waals surface area (Å²) in [5.74, 6) is 0.604. The van der Waals surface area contributed by atoms with Crippen molar-refractivity contribution in [3.05, 3.63) is 0 Å². The summed E-state index contributed by atoms with van der Waals surface area (Å²) in [7, 11) is 0. The first-order valence-corrected chi connectivity index (χ1v) is 5.75. The molecule has 8 heteroatoms. The quantitative estimate of drug-likeness (QED) is 0.387. The van der Waals surface area contributed by atoms with E-state index in [0.717, 1.165) is 5.75 Å². The van der Waals surface area contributed by atoms with Crippen LogP contribution >= 0.6 is 11.8 Å². The summed E-state index contributed by atoms with van der Waals surface area (Å²) in [6, 6.07) is -0.936. The molecule has 3 atom stereocenters. The van der Waals surface area contributed by atoms with Crippen LogP contribution in [0.4, 0.5) is 4.79 Å². The molecule has 15 heavy (non-hydrogen) atoms. The maximum absolute atomic E-state index is 11.4. The smallest absolute Gasteiger partial charge is 0.320 e. The number of imide groups is 1. The van der Waals surface area contributed by atoms with E-state index in [-0.39, 0.29) is 17.6 Å². The standard InChI is InChI=1S/C7H13N5O2S/c1-2-15-7-9-4-3(11-12-7)5(13)10-6(14)8-4/h3-4,7,9,11-12H,2H2,1H3,(H2,8,10,13,14). The number of carbonyl (C=O) groups excluding carboxylic acids is 2. The lowest BCUT2D eigenvalue weighted by atomic mass is 10.2. The normalized spacial score (nSPS) is 35.4. The van der Waals surface area contributed by atoms with Crippen LogP contribution in [0.2, 0.25) is 0 Å². The third kappa shape index (κ3) is 2.23. The van der Waals surface area contributed by atoms with Crippen molar-refractivity contribution in [2.45, 2.75) is 24.6 Å². The summed E-state index contributed by atoms with van der Waals surface area (Å²) in [5, 5.41) is 7.94. The van der Waals surface area contributed by atoms with Gasteiger partial charge in [0.25, 0.3) is 0 Å². The molecule has 3 amide bonds. The molecule has 2 fully saturated rings. The van der Waals surface area contributed by atoms with Gasteiger partial charge in [0.1, 0.15) is 17.7 Å². The lowest BCUT2D eigenvalue weighted by Gasteiger charge is -2.40. The average Bonchev–Trinajstić information content (AvgIpc) is 2.17.